The van der Waals surface area contributed by atoms with Crippen molar-refractivity contribution < 1.29 is 0 Å². The number of hydrogen-bond acceptors (Lipinski definition) is 1. The van der Waals surface area contributed by atoms with Gasteiger partial charge in [0, 0.05) is 11.0 Å². The Morgan fingerprint density at radius 3 is 2.77 bits per heavy atom. The lowest BCUT2D eigenvalue weighted by molar-refractivity contribution is 0.728. The van der Waals surface area contributed by atoms with Crippen LogP contribution < -0.4 is 0 Å². The van der Waals surface area contributed by atoms with Crippen LogP contribution in [0.5, 0.6) is 0 Å². The third-order valence-corrected chi connectivity index (χ3v) is 2.03. The molecule has 0 aliphatic heterocycles. The summed E-state index contributed by atoms with van der Waals surface area (Å²) in [5.74, 6) is 0. The summed E-state index contributed by atoms with van der Waals surface area (Å²) in [6.07, 6.45) is 0.816. The van der Waals surface area contributed by atoms with Crippen LogP contribution in [-0.2, 0) is 6.42 Å². The van der Waals surface area contributed by atoms with Gasteiger partial charge in [-0.1, -0.05) is 36.3 Å². The number of rotatable bonds is 3. The average Bonchev–Trinajstić information content (AvgIpc) is 2.09. The van der Waals surface area contributed by atoms with Crippen molar-refractivity contribution in [3.8, 4) is 0 Å². The molecule has 0 aliphatic rings. The maximum absolute atomic E-state index is 8.24. The van der Waals surface area contributed by atoms with Gasteiger partial charge in [-0.25, -0.2) is 0 Å². The molecule has 0 spiro atoms. The van der Waals surface area contributed by atoms with Gasteiger partial charge >= 0.3 is 0 Å². The summed E-state index contributed by atoms with van der Waals surface area (Å²) in [4.78, 5) is 2.79. The van der Waals surface area contributed by atoms with Gasteiger partial charge in [-0.05, 0) is 30.0 Å². The molecule has 0 heterocycles. The largest absolute Gasteiger partial charge is 0.0906 e. The zero-order valence-electron chi connectivity index (χ0n) is 7.94. The molecule has 0 aromatic heterocycles. The van der Waals surface area contributed by atoms with Crippen LogP contribution in [0.25, 0.3) is 10.4 Å². The highest BCUT2D eigenvalue weighted by molar-refractivity contribution is 5.26. The minimum atomic E-state index is 0.0334. The maximum atomic E-state index is 8.24. The fourth-order valence-corrected chi connectivity index (χ4v) is 1.29. The van der Waals surface area contributed by atoms with E-state index in [0.717, 1.165) is 6.42 Å². The first kappa shape index (κ1) is 9.62. The third kappa shape index (κ3) is 2.80. The highest BCUT2D eigenvalue weighted by Crippen LogP contribution is 2.10. The second-order valence-electron chi connectivity index (χ2n) is 3.18. The van der Waals surface area contributed by atoms with Crippen molar-refractivity contribution in [2.75, 3.05) is 0 Å². The predicted octanol–water partition coefficient (Wildman–Crippen LogP) is 3.24. The number of aryl methyl sites for hydroxylation is 1. The van der Waals surface area contributed by atoms with Crippen LogP contribution in [-0.4, -0.2) is 6.04 Å². The fourth-order valence-electron chi connectivity index (χ4n) is 1.29. The molecule has 0 N–H and O–H groups in total. The molecule has 0 fully saturated rings. The summed E-state index contributed by atoms with van der Waals surface area (Å²) in [5.41, 5.74) is 10.7. The monoisotopic (exact) mass is 175 g/mol. The van der Waals surface area contributed by atoms with Gasteiger partial charge in [0.1, 0.15) is 0 Å². The molecule has 0 radical (unpaired) electrons. The Morgan fingerprint density at radius 2 is 2.15 bits per heavy atom. The van der Waals surface area contributed by atoms with E-state index < -0.39 is 0 Å². The van der Waals surface area contributed by atoms with E-state index in [-0.39, 0.29) is 6.04 Å². The smallest absolute Gasteiger partial charge is 0.0386 e. The van der Waals surface area contributed by atoms with Gasteiger partial charge in [0.15, 0.2) is 0 Å². The second kappa shape index (κ2) is 4.53. The molecular weight excluding hydrogens is 162 g/mol. The molecule has 0 saturated carbocycles. The Bertz CT molecular complexity index is 327. The van der Waals surface area contributed by atoms with Crippen molar-refractivity contribution in [2.24, 2.45) is 5.11 Å². The quantitative estimate of drug-likeness (QED) is 0.384. The first-order valence-corrected chi connectivity index (χ1v) is 4.32. The normalized spacial score (nSPS) is 11.8. The molecule has 0 saturated heterocycles. The molecule has 1 aromatic rings. The topological polar surface area (TPSA) is 48.8 Å². The molecule has 3 heteroatoms. The maximum Gasteiger partial charge on any atom is 0.0386 e. The molecule has 68 valence electrons. The van der Waals surface area contributed by atoms with E-state index in [1.54, 1.807) is 0 Å². The summed E-state index contributed by atoms with van der Waals surface area (Å²) in [6, 6.07) is 8.19. The van der Waals surface area contributed by atoms with Crippen molar-refractivity contribution in [3.63, 3.8) is 0 Å². The van der Waals surface area contributed by atoms with E-state index in [1.165, 1.54) is 11.1 Å². The van der Waals surface area contributed by atoms with Crippen LogP contribution in [0.4, 0.5) is 0 Å². The Morgan fingerprint density at radius 1 is 1.46 bits per heavy atom. The van der Waals surface area contributed by atoms with E-state index in [4.69, 9.17) is 5.53 Å². The summed E-state index contributed by atoms with van der Waals surface area (Å²) >= 11 is 0. The van der Waals surface area contributed by atoms with Crippen LogP contribution in [0, 0.1) is 6.92 Å². The van der Waals surface area contributed by atoms with E-state index >= 15 is 0 Å². The van der Waals surface area contributed by atoms with Crippen molar-refractivity contribution in [3.05, 3.63) is 45.8 Å². The summed E-state index contributed by atoms with van der Waals surface area (Å²) in [5, 5.41) is 3.64. The zero-order valence-corrected chi connectivity index (χ0v) is 7.94. The lowest BCUT2D eigenvalue weighted by Crippen LogP contribution is -2.02. The molecule has 1 rings (SSSR count). The molecule has 1 atom stereocenters. The molecular formula is C10H13N3. The van der Waals surface area contributed by atoms with Crippen LogP contribution in [0.1, 0.15) is 18.1 Å². The van der Waals surface area contributed by atoms with Crippen LogP contribution in [0.3, 0.4) is 0 Å². The van der Waals surface area contributed by atoms with Crippen LogP contribution in [0.2, 0.25) is 0 Å². The number of nitrogens with zero attached hydrogens (tertiary/aromatic N) is 3. The predicted molar refractivity (Wildman–Crippen MR) is 53.5 cm³/mol. The molecule has 0 bridgehead atoms. The van der Waals surface area contributed by atoms with Gasteiger partial charge in [0.25, 0.3) is 0 Å². The molecule has 0 aliphatic carbocycles. The van der Waals surface area contributed by atoms with Crippen molar-refractivity contribution in [1.82, 2.24) is 0 Å². The SMILES string of the molecule is Cc1ccccc1C[C@@H](C)N=[N+]=[N-]. The zero-order chi connectivity index (χ0) is 9.68. The van der Waals surface area contributed by atoms with Gasteiger partial charge in [-0.2, -0.15) is 0 Å². The Balaban J connectivity index is 2.74. The van der Waals surface area contributed by atoms with Crippen molar-refractivity contribution in [1.29, 1.82) is 0 Å². The van der Waals surface area contributed by atoms with E-state index in [2.05, 4.69) is 29.1 Å². The lowest BCUT2D eigenvalue weighted by Gasteiger charge is -2.07. The van der Waals surface area contributed by atoms with Crippen LogP contribution in [0.15, 0.2) is 29.4 Å². The standard InChI is InChI=1S/C10H13N3/c1-8-5-3-4-6-10(8)7-9(2)12-13-11/h3-6,9H,7H2,1-2H3/t9-/m1/s1. The Labute approximate surface area is 78.0 Å². The molecule has 3 nitrogen and oxygen atoms in total. The van der Waals surface area contributed by atoms with E-state index in [0.29, 0.717) is 0 Å². The average molecular weight is 175 g/mol. The third-order valence-electron chi connectivity index (χ3n) is 2.03. The fraction of sp³-hybridized carbons (Fsp3) is 0.400. The Hall–Kier alpha value is -1.47. The minimum Gasteiger partial charge on any atom is -0.0906 e. The minimum absolute atomic E-state index is 0.0334. The van der Waals surface area contributed by atoms with E-state index in [1.807, 2.05) is 19.1 Å². The van der Waals surface area contributed by atoms with Gasteiger partial charge in [-0.3, -0.25) is 0 Å². The number of azide groups is 1. The van der Waals surface area contributed by atoms with Gasteiger partial charge in [0.05, 0.1) is 0 Å². The van der Waals surface area contributed by atoms with Crippen LogP contribution >= 0.6 is 0 Å². The van der Waals surface area contributed by atoms with Crippen molar-refractivity contribution >= 4 is 0 Å². The van der Waals surface area contributed by atoms with Crippen molar-refractivity contribution in [2.45, 2.75) is 26.3 Å². The molecule has 1 aromatic carbocycles. The highest BCUT2D eigenvalue weighted by Gasteiger charge is 2.02. The number of benzene rings is 1. The molecule has 13 heavy (non-hydrogen) atoms. The van der Waals surface area contributed by atoms with E-state index in [9.17, 15) is 0 Å². The van der Waals surface area contributed by atoms with Gasteiger partial charge in [0.2, 0.25) is 0 Å². The highest BCUT2D eigenvalue weighted by atomic mass is 15.1. The van der Waals surface area contributed by atoms with Gasteiger partial charge in [-0.15, -0.1) is 0 Å². The summed E-state index contributed by atoms with van der Waals surface area (Å²) < 4.78 is 0. The molecule has 0 amide bonds. The lowest BCUT2D eigenvalue weighted by atomic mass is 10.0. The first-order chi connectivity index (χ1) is 6.24. The Kier molecular flexibility index (Phi) is 3.35. The summed E-state index contributed by atoms with van der Waals surface area (Å²) in [7, 11) is 0. The first-order valence-electron chi connectivity index (χ1n) is 4.32. The number of hydrogen-bond donors (Lipinski definition) is 0. The van der Waals surface area contributed by atoms with Gasteiger partial charge < -0.3 is 0 Å². The molecule has 0 unspecified atom stereocenters. The second-order valence-corrected chi connectivity index (χ2v) is 3.18. The summed E-state index contributed by atoms with van der Waals surface area (Å²) in [6.45, 7) is 3.99.